The highest BCUT2D eigenvalue weighted by molar-refractivity contribution is 7.89. The summed E-state index contributed by atoms with van der Waals surface area (Å²) in [5.41, 5.74) is 7.54. The highest BCUT2D eigenvalue weighted by atomic mass is 32.2. The number of hydrogen-bond donors (Lipinski definition) is 3. The van der Waals surface area contributed by atoms with E-state index in [9.17, 15) is 13.2 Å². The molecule has 2 heterocycles. The summed E-state index contributed by atoms with van der Waals surface area (Å²) < 4.78 is 24.0. The summed E-state index contributed by atoms with van der Waals surface area (Å²) in [6.45, 7) is 0.453. The van der Waals surface area contributed by atoms with Gasteiger partial charge in [0, 0.05) is 6.54 Å². The molecule has 11 heteroatoms. The predicted octanol–water partition coefficient (Wildman–Crippen LogP) is -0.585. The van der Waals surface area contributed by atoms with Crippen molar-refractivity contribution < 1.29 is 13.2 Å². The molecule has 3 aromatic rings. The van der Waals surface area contributed by atoms with E-state index in [2.05, 4.69) is 20.3 Å². The number of nitrogen functional groups attached to an aromatic ring is 1. The van der Waals surface area contributed by atoms with Gasteiger partial charge in [0.05, 0.1) is 11.2 Å². The van der Waals surface area contributed by atoms with Gasteiger partial charge in [-0.3, -0.25) is 4.79 Å². The normalized spacial score (nSPS) is 11.6. The first kappa shape index (κ1) is 17.8. The second-order valence-electron chi connectivity index (χ2n) is 5.59. The molecule has 0 fully saturated rings. The smallest absolute Gasteiger partial charge is 0.240 e. The molecule has 0 atom stereocenters. The van der Waals surface area contributed by atoms with Crippen LogP contribution in [0.3, 0.4) is 0 Å². The van der Waals surface area contributed by atoms with Crippen molar-refractivity contribution >= 4 is 32.9 Å². The van der Waals surface area contributed by atoms with Crippen LogP contribution in [-0.4, -0.2) is 40.4 Å². The molecule has 0 saturated carbocycles. The number of anilines is 1. The molecule has 0 radical (unpaired) electrons. The third-order valence-electron chi connectivity index (χ3n) is 3.73. The van der Waals surface area contributed by atoms with Gasteiger partial charge in [0.15, 0.2) is 11.5 Å². The van der Waals surface area contributed by atoms with Crippen LogP contribution in [0.15, 0.2) is 41.8 Å². The van der Waals surface area contributed by atoms with Crippen molar-refractivity contribution in [3.05, 3.63) is 42.5 Å². The van der Waals surface area contributed by atoms with Gasteiger partial charge in [0.25, 0.3) is 0 Å². The van der Waals surface area contributed by atoms with Gasteiger partial charge in [-0.2, -0.15) is 0 Å². The molecule has 0 unspecified atom stereocenters. The number of imidazole rings is 1. The second kappa shape index (κ2) is 7.06. The van der Waals surface area contributed by atoms with E-state index < -0.39 is 10.0 Å². The Hall–Kier alpha value is -3.05. The van der Waals surface area contributed by atoms with Crippen LogP contribution in [-0.2, 0) is 27.8 Å². The fraction of sp³-hybridized carbons (Fsp3) is 0.200. The van der Waals surface area contributed by atoms with Gasteiger partial charge in [-0.1, -0.05) is 12.1 Å². The number of carbonyl (C=O) groups is 1. The number of rotatable bonds is 6. The topological polar surface area (TPSA) is 159 Å². The van der Waals surface area contributed by atoms with Gasteiger partial charge in [0.1, 0.15) is 18.4 Å². The zero-order valence-corrected chi connectivity index (χ0v) is 14.5. The molecule has 0 spiro atoms. The number of nitrogens with one attached hydrogen (secondary N) is 1. The number of sulfonamides is 1. The number of hydrogen-bond acceptors (Lipinski definition) is 7. The molecule has 2 aromatic heterocycles. The SMILES string of the molecule is Nc1ncnc2c1ncn2CC(=O)NCCc1ccc(S(N)(=O)=O)cc1. The van der Waals surface area contributed by atoms with Crippen molar-refractivity contribution in [3.8, 4) is 0 Å². The maximum absolute atomic E-state index is 12.1. The maximum atomic E-state index is 12.1. The average molecular weight is 375 g/mol. The van der Waals surface area contributed by atoms with Crippen LogP contribution < -0.4 is 16.2 Å². The minimum Gasteiger partial charge on any atom is -0.382 e. The molecular formula is C15H17N7O3S. The number of nitrogens with zero attached hydrogens (tertiary/aromatic N) is 4. The van der Waals surface area contributed by atoms with Crippen molar-refractivity contribution in [2.24, 2.45) is 5.14 Å². The standard InChI is InChI=1S/C15H17N7O3S/c16-14-13-15(20-8-19-14)22(9-21-13)7-12(23)18-6-5-10-1-3-11(4-2-10)26(17,24)25/h1-4,8-9H,5-7H2,(H,18,23)(H2,16,19,20)(H2,17,24,25). The summed E-state index contributed by atoms with van der Waals surface area (Å²) >= 11 is 0. The first-order valence-corrected chi connectivity index (χ1v) is 9.19. The van der Waals surface area contributed by atoms with E-state index in [0.29, 0.717) is 24.1 Å². The van der Waals surface area contributed by atoms with Crippen molar-refractivity contribution in [1.29, 1.82) is 0 Å². The largest absolute Gasteiger partial charge is 0.382 e. The van der Waals surface area contributed by atoms with Gasteiger partial charge >= 0.3 is 0 Å². The third-order valence-corrected chi connectivity index (χ3v) is 4.66. The van der Waals surface area contributed by atoms with E-state index in [0.717, 1.165) is 5.56 Å². The molecule has 5 N–H and O–H groups in total. The Morgan fingerprint density at radius 3 is 2.58 bits per heavy atom. The summed E-state index contributed by atoms with van der Waals surface area (Å²) in [6.07, 6.45) is 3.36. The van der Waals surface area contributed by atoms with E-state index in [1.165, 1.54) is 24.8 Å². The number of amides is 1. The van der Waals surface area contributed by atoms with Crippen LogP contribution in [0.5, 0.6) is 0 Å². The van der Waals surface area contributed by atoms with E-state index in [1.807, 2.05) is 0 Å². The van der Waals surface area contributed by atoms with Crippen LogP contribution in [0.4, 0.5) is 5.82 Å². The van der Waals surface area contributed by atoms with E-state index in [-0.39, 0.29) is 23.2 Å². The number of fused-ring (bicyclic) bond motifs is 1. The predicted molar refractivity (Wildman–Crippen MR) is 94.3 cm³/mol. The quantitative estimate of drug-likeness (QED) is 0.519. The molecule has 1 aromatic carbocycles. The zero-order valence-electron chi connectivity index (χ0n) is 13.7. The van der Waals surface area contributed by atoms with Gasteiger partial charge in [-0.05, 0) is 24.1 Å². The summed E-state index contributed by atoms with van der Waals surface area (Å²) in [5.74, 6) is 0.0553. The Morgan fingerprint density at radius 2 is 1.88 bits per heavy atom. The minimum absolute atomic E-state index is 0.0529. The van der Waals surface area contributed by atoms with Crippen molar-refractivity contribution in [1.82, 2.24) is 24.8 Å². The fourth-order valence-electron chi connectivity index (χ4n) is 2.42. The van der Waals surface area contributed by atoms with Gasteiger partial charge in [-0.25, -0.2) is 28.5 Å². The van der Waals surface area contributed by atoms with Crippen LogP contribution in [0.25, 0.3) is 11.2 Å². The summed E-state index contributed by atoms with van der Waals surface area (Å²) in [7, 11) is -3.70. The number of carbonyl (C=O) groups excluding carboxylic acids is 1. The molecule has 1 amide bonds. The van der Waals surface area contributed by atoms with Crippen LogP contribution in [0, 0.1) is 0 Å². The Balaban J connectivity index is 1.55. The van der Waals surface area contributed by atoms with Crippen LogP contribution >= 0.6 is 0 Å². The Morgan fingerprint density at radius 1 is 1.15 bits per heavy atom. The average Bonchev–Trinajstić information content (AvgIpc) is 2.99. The summed E-state index contributed by atoms with van der Waals surface area (Å²) in [6, 6.07) is 6.20. The Kier molecular flexibility index (Phi) is 4.82. The molecule has 10 nitrogen and oxygen atoms in total. The maximum Gasteiger partial charge on any atom is 0.240 e. The van der Waals surface area contributed by atoms with Crippen molar-refractivity contribution in [3.63, 3.8) is 0 Å². The number of primary sulfonamides is 1. The lowest BCUT2D eigenvalue weighted by Crippen LogP contribution is -2.29. The molecule has 0 aliphatic heterocycles. The van der Waals surface area contributed by atoms with Crippen molar-refractivity contribution in [2.75, 3.05) is 12.3 Å². The molecule has 26 heavy (non-hydrogen) atoms. The first-order valence-electron chi connectivity index (χ1n) is 7.64. The number of aromatic nitrogens is 4. The second-order valence-corrected chi connectivity index (χ2v) is 7.15. The molecule has 0 aliphatic rings. The van der Waals surface area contributed by atoms with Crippen LogP contribution in [0.1, 0.15) is 5.56 Å². The van der Waals surface area contributed by atoms with E-state index in [1.54, 1.807) is 16.7 Å². The molecular weight excluding hydrogens is 358 g/mol. The lowest BCUT2D eigenvalue weighted by Gasteiger charge is -2.07. The molecule has 3 rings (SSSR count). The monoisotopic (exact) mass is 375 g/mol. The van der Waals surface area contributed by atoms with E-state index >= 15 is 0 Å². The molecule has 0 saturated heterocycles. The first-order chi connectivity index (χ1) is 12.3. The highest BCUT2D eigenvalue weighted by Crippen LogP contribution is 2.13. The summed E-state index contributed by atoms with van der Waals surface area (Å²) in [4.78, 5) is 24.2. The number of benzene rings is 1. The third kappa shape index (κ3) is 3.95. The summed E-state index contributed by atoms with van der Waals surface area (Å²) in [5, 5.41) is 7.84. The molecule has 136 valence electrons. The number of nitrogens with two attached hydrogens (primary N) is 2. The van der Waals surface area contributed by atoms with Gasteiger partial charge < -0.3 is 15.6 Å². The van der Waals surface area contributed by atoms with Gasteiger partial charge in [-0.15, -0.1) is 0 Å². The minimum atomic E-state index is -3.70. The van der Waals surface area contributed by atoms with Crippen LogP contribution in [0.2, 0.25) is 0 Å². The van der Waals surface area contributed by atoms with Crippen molar-refractivity contribution in [2.45, 2.75) is 17.9 Å². The Labute approximate surface area is 149 Å². The Bertz CT molecular complexity index is 1040. The zero-order chi connectivity index (χ0) is 18.7. The molecule has 0 aliphatic carbocycles. The molecule has 0 bridgehead atoms. The lowest BCUT2D eigenvalue weighted by atomic mass is 10.1. The fourth-order valence-corrected chi connectivity index (χ4v) is 2.93. The van der Waals surface area contributed by atoms with Gasteiger partial charge in [0.2, 0.25) is 15.9 Å². The lowest BCUT2D eigenvalue weighted by molar-refractivity contribution is -0.121. The highest BCUT2D eigenvalue weighted by Gasteiger charge is 2.11. The van der Waals surface area contributed by atoms with E-state index in [4.69, 9.17) is 10.9 Å².